The predicted octanol–water partition coefficient (Wildman–Crippen LogP) is 5.59. The quantitative estimate of drug-likeness (QED) is 0.696. The van der Waals surface area contributed by atoms with Crippen molar-refractivity contribution in [2.24, 2.45) is 4.99 Å². The molecule has 0 aromatic heterocycles. The average molecular weight is 348 g/mol. The van der Waals surface area contributed by atoms with Gasteiger partial charge in [-0.2, -0.15) is 0 Å². The first-order valence-electron chi connectivity index (χ1n) is 8.87. The topological polar surface area (TPSA) is 27.6 Å². The molecule has 0 radical (unpaired) electrons. The molecule has 2 rings (SSSR count). The second-order valence-corrected chi connectivity index (χ2v) is 6.71. The lowest BCUT2D eigenvalue weighted by molar-refractivity contribution is 0.520. The van der Waals surface area contributed by atoms with Crippen molar-refractivity contribution in [2.45, 2.75) is 33.2 Å². The van der Waals surface area contributed by atoms with E-state index < -0.39 is 0 Å². The van der Waals surface area contributed by atoms with Crippen LogP contribution in [0.1, 0.15) is 44.4 Å². The van der Waals surface area contributed by atoms with E-state index in [4.69, 9.17) is 0 Å². The van der Waals surface area contributed by atoms with Crippen LogP contribution < -0.4 is 5.32 Å². The Bertz CT molecular complexity index is 806. The van der Waals surface area contributed by atoms with Gasteiger partial charge in [-0.1, -0.05) is 57.5 Å². The SMILES string of the molecule is C=C(C)C1=CC(C(=C)NC(C)c2ccc(C(=C)CC)cc2)=NC(=C)N1C. The van der Waals surface area contributed by atoms with E-state index in [0.29, 0.717) is 5.82 Å². The van der Waals surface area contributed by atoms with Crippen LogP contribution in [0.5, 0.6) is 0 Å². The van der Waals surface area contributed by atoms with Gasteiger partial charge in [0, 0.05) is 18.8 Å². The molecular weight excluding hydrogens is 318 g/mol. The first-order chi connectivity index (χ1) is 12.2. The van der Waals surface area contributed by atoms with Crippen LogP contribution >= 0.6 is 0 Å². The summed E-state index contributed by atoms with van der Waals surface area (Å²) in [4.78, 5) is 6.48. The van der Waals surface area contributed by atoms with Crippen molar-refractivity contribution in [3.63, 3.8) is 0 Å². The van der Waals surface area contributed by atoms with Crippen molar-refractivity contribution in [3.05, 3.63) is 90.6 Å². The summed E-state index contributed by atoms with van der Waals surface area (Å²) < 4.78 is 0. The van der Waals surface area contributed by atoms with Gasteiger partial charge in [-0.3, -0.25) is 0 Å². The zero-order chi connectivity index (χ0) is 19.4. The van der Waals surface area contributed by atoms with E-state index in [9.17, 15) is 0 Å². The Hall–Kier alpha value is -2.81. The molecule has 1 unspecified atom stereocenters. The van der Waals surface area contributed by atoms with E-state index in [-0.39, 0.29) is 6.04 Å². The summed E-state index contributed by atoms with van der Waals surface area (Å²) in [5.41, 5.74) is 7.05. The fraction of sp³-hybridized carbons (Fsp3) is 0.261. The van der Waals surface area contributed by atoms with E-state index >= 15 is 0 Å². The lowest BCUT2D eigenvalue weighted by Crippen LogP contribution is -2.27. The maximum atomic E-state index is 4.55. The number of allylic oxidation sites excluding steroid dienone is 3. The Kier molecular flexibility index (Phi) is 6.04. The zero-order valence-electron chi connectivity index (χ0n) is 16.4. The number of benzene rings is 1. The third kappa shape index (κ3) is 4.23. The Morgan fingerprint density at radius 1 is 1.19 bits per heavy atom. The van der Waals surface area contributed by atoms with Gasteiger partial charge in [-0.25, -0.2) is 4.99 Å². The summed E-state index contributed by atoms with van der Waals surface area (Å²) in [6, 6.07) is 8.62. The first-order valence-corrected chi connectivity index (χ1v) is 8.87. The van der Waals surface area contributed by atoms with Gasteiger partial charge in [0.25, 0.3) is 0 Å². The fourth-order valence-electron chi connectivity index (χ4n) is 2.81. The lowest BCUT2D eigenvalue weighted by Gasteiger charge is -2.28. The number of likely N-dealkylation sites (N-methyl/N-ethyl adjacent to an activating group) is 1. The number of rotatable bonds is 7. The number of aliphatic imine (C=N–C) groups is 1. The summed E-state index contributed by atoms with van der Waals surface area (Å²) >= 11 is 0. The fourth-order valence-corrected chi connectivity index (χ4v) is 2.81. The van der Waals surface area contributed by atoms with Gasteiger partial charge in [0.2, 0.25) is 0 Å². The Morgan fingerprint density at radius 3 is 2.35 bits per heavy atom. The van der Waals surface area contributed by atoms with Gasteiger partial charge >= 0.3 is 0 Å². The molecular formula is C23H29N3. The zero-order valence-corrected chi connectivity index (χ0v) is 16.4. The predicted molar refractivity (Wildman–Crippen MR) is 114 cm³/mol. The second kappa shape index (κ2) is 8.05. The Morgan fingerprint density at radius 2 is 1.81 bits per heavy atom. The first kappa shape index (κ1) is 19.5. The maximum absolute atomic E-state index is 4.55. The van der Waals surface area contributed by atoms with Crippen LogP contribution in [-0.4, -0.2) is 17.7 Å². The number of hydrogen-bond donors (Lipinski definition) is 1. The van der Waals surface area contributed by atoms with Crippen LogP contribution in [0.15, 0.2) is 84.4 Å². The van der Waals surface area contributed by atoms with Gasteiger partial charge in [0.1, 0.15) is 5.82 Å². The molecule has 1 atom stereocenters. The normalized spacial score (nSPS) is 15.1. The number of nitrogens with zero attached hydrogens (tertiary/aromatic N) is 2. The molecule has 1 heterocycles. The van der Waals surface area contributed by atoms with Crippen LogP contribution in [0.25, 0.3) is 5.57 Å². The highest BCUT2D eigenvalue weighted by Crippen LogP contribution is 2.24. The summed E-state index contributed by atoms with van der Waals surface area (Å²) in [5.74, 6) is 0.679. The molecule has 0 bridgehead atoms. The summed E-state index contributed by atoms with van der Waals surface area (Å²) in [7, 11) is 1.94. The molecule has 0 fully saturated rings. The Labute approximate surface area is 157 Å². The van der Waals surface area contributed by atoms with E-state index in [1.807, 2.05) is 24.9 Å². The van der Waals surface area contributed by atoms with Crippen LogP contribution in [-0.2, 0) is 0 Å². The number of nitrogens with one attached hydrogen (secondary N) is 1. The molecule has 0 saturated heterocycles. The van der Waals surface area contributed by atoms with Crippen molar-refractivity contribution in [2.75, 3.05) is 7.05 Å². The highest BCUT2D eigenvalue weighted by molar-refractivity contribution is 6.09. The molecule has 26 heavy (non-hydrogen) atoms. The standard InChI is InChI=1S/C23H29N3/c1-9-16(4)20-10-12-21(13-11-20)17(5)24-18(6)22-14-23(15(2)3)26(8)19(7)25-22/h10-14,17,24H,2,4,6-7,9H2,1,3,5,8H3. The monoisotopic (exact) mass is 347 g/mol. The third-order valence-corrected chi connectivity index (χ3v) is 4.65. The molecule has 1 aromatic rings. The van der Waals surface area contributed by atoms with E-state index in [1.165, 1.54) is 11.1 Å². The molecule has 136 valence electrons. The summed E-state index contributed by atoms with van der Waals surface area (Å²) in [5, 5.41) is 3.44. The molecule has 1 N–H and O–H groups in total. The largest absolute Gasteiger partial charge is 0.377 e. The van der Waals surface area contributed by atoms with Crippen molar-refractivity contribution in [3.8, 4) is 0 Å². The molecule has 0 spiro atoms. The van der Waals surface area contributed by atoms with Gasteiger partial charge in [-0.05, 0) is 48.6 Å². The van der Waals surface area contributed by atoms with Gasteiger partial charge in [0.15, 0.2) is 0 Å². The smallest absolute Gasteiger partial charge is 0.126 e. The van der Waals surface area contributed by atoms with Gasteiger partial charge in [-0.15, -0.1) is 0 Å². The lowest BCUT2D eigenvalue weighted by atomic mass is 10.0. The minimum atomic E-state index is 0.115. The maximum Gasteiger partial charge on any atom is 0.126 e. The number of hydrogen-bond acceptors (Lipinski definition) is 3. The van der Waals surface area contributed by atoms with Crippen LogP contribution in [0.3, 0.4) is 0 Å². The van der Waals surface area contributed by atoms with Crippen LogP contribution in [0.2, 0.25) is 0 Å². The molecule has 3 heteroatoms. The molecule has 0 aliphatic carbocycles. The van der Waals surface area contributed by atoms with Crippen LogP contribution in [0, 0.1) is 0 Å². The average Bonchev–Trinajstić information content (AvgIpc) is 2.62. The van der Waals surface area contributed by atoms with Crippen molar-refractivity contribution in [1.29, 1.82) is 0 Å². The van der Waals surface area contributed by atoms with Gasteiger partial charge in [0.05, 0.1) is 11.4 Å². The minimum absolute atomic E-state index is 0.115. The van der Waals surface area contributed by atoms with E-state index in [2.05, 4.69) is 74.7 Å². The summed E-state index contributed by atoms with van der Waals surface area (Å²) in [6.07, 6.45) is 2.95. The molecule has 1 aliphatic heterocycles. The third-order valence-electron chi connectivity index (χ3n) is 4.65. The molecule has 0 saturated carbocycles. The molecule has 1 aliphatic rings. The van der Waals surface area contributed by atoms with E-state index in [1.54, 1.807) is 0 Å². The van der Waals surface area contributed by atoms with Crippen molar-refractivity contribution >= 4 is 11.3 Å². The van der Waals surface area contributed by atoms with Crippen molar-refractivity contribution < 1.29 is 0 Å². The highest BCUT2D eigenvalue weighted by atomic mass is 15.2. The Balaban J connectivity index is 2.14. The summed E-state index contributed by atoms with van der Waals surface area (Å²) in [6.45, 7) is 22.5. The minimum Gasteiger partial charge on any atom is -0.377 e. The van der Waals surface area contributed by atoms with Crippen molar-refractivity contribution in [1.82, 2.24) is 10.2 Å². The van der Waals surface area contributed by atoms with Gasteiger partial charge < -0.3 is 10.2 Å². The molecule has 1 aromatic carbocycles. The molecule has 3 nitrogen and oxygen atoms in total. The highest BCUT2D eigenvalue weighted by Gasteiger charge is 2.18. The van der Waals surface area contributed by atoms with E-state index in [0.717, 1.165) is 34.7 Å². The second-order valence-electron chi connectivity index (χ2n) is 6.71. The van der Waals surface area contributed by atoms with Crippen LogP contribution in [0.4, 0.5) is 0 Å². The molecule has 0 amide bonds.